The number of nitrogen functional groups attached to an aromatic ring is 1. The molecule has 1 aliphatic carbocycles. The highest BCUT2D eigenvalue weighted by Crippen LogP contribution is 2.31. The number of amides is 1. The fourth-order valence-corrected chi connectivity index (χ4v) is 2.51. The Balaban J connectivity index is 2.23. The lowest BCUT2D eigenvalue weighted by Crippen LogP contribution is -2.26. The Bertz CT molecular complexity index is 380. The molecule has 1 aromatic rings. The van der Waals surface area contributed by atoms with E-state index in [-0.39, 0.29) is 5.91 Å². The maximum atomic E-state index is 11.9. The summed E-state index contributed by atoms with van der Waals surface area (Å²) in [5, 5.41) is 5.60. The Morgan fingerprint density at radius 2 is 2.27 bits per heavy atom. The molecule has 0 saturated heterocycles. The zero-order valence-electron chi connectivity index (χ0n) is 9.04. The first-order valence-electron chi connectivity index (χ1n) is 5.27. The molecular weight excluding hydrogens is 208 g/mol. The largest absolute Gasteiger partial charge is 0.390 e. The van der Waals surface area contributed by atoms with Crippen LogP contribution in [0.2, 0.25) is 0 Å². The third-order valence-corrected chi connectivity index (χ3v) is 3.44. The average molecular weight is 224 g/mol. The quantitative estimate of drug-likeness (QED) is 0.828. The van der Waals surface area contributed by atoms with Crippen LogP contribution in [0, 0.1) is 0 Å². The Hall–Kier alpha value is -1.03. The van der Waals surface area contributed by atoms with Gasteiger partial charge in [-0.05, 0) is 29.7 Å². The average Bonchev–Trinajstić information content (AvgIpc) is 2.86. The zero-order valence-corrected chi connectivity index (χ0v) is 9.86. The molecular formula is C11H16N2OS. The normalized spacial score (nSPS) is 15.7. The first kappa shape index (κ1) is 10.5. The summed E-state index contributed by atoms with van der Waals surface area (Å²) in [7, 11) is 0. The van der Waals surface area contributed by atoms with Crippen LogP contribution in [0.3, 0.4) is 0 Å². The van der Waals surface area contributed by atoms with Crippen molar-refractivity contribution in [1.29, 1.82) is 0 Å². The van der Waals surface area contributed by atoms with E-state index in [1.54, 1.807) is 0 Å². The Labute approximate surface area is 93.7 Å². The van der Waals surface area contributed by atoms with Crippen molar-refractivity contribution in [3.8, 4) is 0 Å². The second-order valence-corrected chi connectivity index (χ2v) is 5.24. The summed E-state index contributed by atoms with van der Waals surface area (Å²) in [4.78, 5) is 11.9. The first-order chi connectivity index (χ1) is 7.09. The SMILES string of the molecule is CC(C)c1csc(N)c1C(=O)NC1CC1. The second kappa shape index (κ2) is 3.85. The van der Waals surface area contributed by atoms with Gasteiger partial charge in [0.05, 0.1) is 10.6 Å². The monoisotopic (exact) mass is 224 g/mol. The van der Waals surface area contributed by atoms with Gasteiger partial charge >= 0.3 is 0 Å². The van der Waals surface area contributed by atoms with Crippen LogP contribution in [0.4, 0.5) is 5.00 Å². The molecule has 0 atom stereocenters. The smallest absolute Gasteiger partial charge is 0.254 e. The van der Waals surface area contributed by atoms with E-state index < -0.39 is 0 Å². The fourth-order valence-electron chi connectivity index (χ4n) is 1.54. The van der Waals surface area contributed by atoms with Gasteiger partial charge in [0, 0.05) is 6.04 Å². The molecule has 1 heterocycles. The number of carbonyl (C=O) groups is 1. The Morgan fingerprint density at radius 1 is 1.60 bits per heavy atom. The number of nitrogens with two attached hydrogens (primary N) is 1. The fraction of sp³-hybridized carbons (Fsp3) is 0.545. The van der Waals surface area contributed by atoms with Crippen LogP contribution in [-0.2, 0) is 0 Å². The van der Waals surface area contributed by atoms with Crippen molar-refractivity contribution in [3.63, 3.8) is 0 Å². The second-order valence-electron chi connectivity index (χ2n) is 4.33. The molecule has 4 heteroatoms. The van der Waals surface area contributed by atoms with E-state index in [9.17, 15) is 4.79 Å². The van der Waals surface area contributed by atoms with E-state index >= 15 is 0 Å². The van der Waals surface area contributed by atoms with Gasteiger partial charge in [-0.1, -0.05) is 13.8 Å². The third-order valence-electron chi connectivity index (χ3n) is 2.61. The molecule has 15 heavy (non-hydrogen) atoms. The van der Waals surface area contributed by atoms with Crippen LogP contribution >= 0.6 is 11.3 Å². The summed E-state index contributed by atoms with van der Waals surface area (Å²) >= 11 is 1.45. The van der Waals surface area contributed by atoms with E-state index in [1.165, 1.54) is 11.3 Å². The molecule has 3 N–H and O–H groups in total. The molecule has 0 bridgehead atoms. The minimum atomic E-state index is -0.0000463. The topological polar surface area (TPSA) is 55.1 Å². The first-order valence-corrected chi connectivity index (χ1v) is 6.15. The van der Waals surface area contributed by atoms with E-state index in [1.807, 2.05) is 5.38 Å². The third kappa shape index (κ3) is 2.15. The summed E-state index contributed by atoms with van der Waals surface area (Å²) < 4.78 is 0. The lowest BCUT2D eigenvalue weighted by molar-refractivity contribution is 0.0951. The number of hydrogen-bond acceptors (Lipinski definition) is 3. The lowest BCUT2D eigenvalue weighted by Gasteiger charge is -2.08. The van der Waals surface area contributed by atoms with Gasteiger partial charge in [-0.3, -0.25) is 4.79 Å². The van der Waals surface area contributed by atoms with Crippen molar-refractivity contribution in [3.05, 3.63) is 16.5 Å². The van der Waals surface area contributed by atoms with Crippen LogP contribution in [0.25, 0.3) is 0 Å². The molecule has 0 aromatic carbocycles. The molecule has 0 radical (unpaired) electrons. The molecule has 0 spiro atoms. The van der Waals surface area contributed by atoms with E-state index in [0.29, 0.717) is 22.5 Å². The lowest BCUT2D eigenvalue weighted by atomic mass is 10.0. The van der Waals surface area contributed by atoms with E-state index in [2.05, 4.69) is 19.2 Å². The molecule has 1 amide bonds. The molecule has 0 aliphatic heterocycles. The van der Waals surface area contributed by atoms with Crippen LogP contribution in [0.5, 0.6) is 0 Å². The van der Waals surface area contributed by atoms with E-state index in [0.717, 1.165) is 18.4 Å². The standard InChI is InChI=1S/C11H16N2OS/c1-6(2)8-5-15-10(12)9(8)11(14)13-7-3-4-7/h5-7H,3-4,12H2,1-2H3,(H,13,14). The summed E-state index contributed by atoms with van der Waals surface area (Å²) in [6.45, 7) is 4.16. The molecule has 82 valence electrons. The summed E-state index contributed by atoms with van der Waals surface area (Å²) in [5.74, 6) is 0.346. The van der Waals surface area contributed by atoms with Gasteiger partial charge in [0.1, 0.15) is 0 Å². The van der Waals surface area contributed by atoms with E-state index in [4.69, 9.17) is 5.73 Å². The van der Waals surface area contributed by atoms with Gasteiger partial charge in [0.2, 0.25) is 0 Å². The highest BCUT2D eigenvalue weighted by Gasteiger charge is 2.27. The predicted molar refractivity (Wildman–Crippen MR) is 63.3 cm³/mol. The van der Waals surface area contributed by atoms with Crippen LogP contribution in [-0.4, -0.2) is 11.9 Å². The highest BCUT2D eigenvalue weighted by atomic mass is 32.1. The van der Waals surface area contributed by atoms with Crippen LogP contribution in [0.1, 0.15) is 48.5 Å². The predicted octanol–water partition coefficient (Wildman–Crippen LogP) is 2.35. The maximum Gasteiger partial charge on any atom is 0.254 e. The number of hydrogen-bond donors (Lipinski definition) is 2. The van der Waals surface area contributed by atoms with Crippen molar-refractivity contribution in [1.82, 2.24) is 5.32 Å². The van der Waals surface area contributed by atoms with Gasteiger partial charge < -0.3 is 11.1 Å². The van der Waals surface area contributed by atoms with Gasteiger partial charge in [-0.15, -0.1) is 11.3 Å². The van der Waals surface area contributed by atoms with Crippen molar-refractivity contribution in [2.24, 2.45) is 0 Å². The molecule has 3 nitrogen and oxygen atoms in total. The molecule has 1 aliphatic rings. The molecule has 0 unspecified atom stereocenters. The molecule has 1 fully saturated rings. The molecule has 1 saturated carbocycles. The number of nitrogens with one attached hydrogen (secondary N) is 1. The number of carbonyl (C=O) groups excluding carboxylic acids is 1. The van der Waals surface area contributed by atoms with Gasteiger partial charge in [0.25, 0.3) is 5.91 Å². The number of rotatable bonds is 3. The minimum absolute atomic E-state index is 0.0000463. The zero-order chi connectivity index (χ0) is 11.0. The number of thiophene rings is 1. The van der Waals surface area contributed by atoms with Gasteiger partial charge in [-0.2, -0.15) is 0 Å². The Kier molecular flexibility index (Phi) is 2.69. The van der Waals surface area contributed by atoms with Gasteiger partial charge in [-0.25, -0.2) is 0 Å². The maximum absolute atomic E-state index is 11.9. The van der Waals surface area contributed by atoms with Crippen LogP contribution < -0.4 is 11.1 Å². The Morgan fingerprint density at radius 3 is 2.80 bits per heavy atom. The molecule has 2 rings (SSSR count). The minimum Gasteiger partial charge on any atom is -0.390 e. The van der Waals surface area contributed by atoms with Crippen molar-refractivity contribution in [2.45, 2.75) is 38.6 Å². The van der Waals surface area contributed by atoms with Crippen LogP contribution in [0.15, 0.2) is 5.38 Å². The highest BCUT2D eigenvalue weighted by molar-refractivity contribution is 7.14. The molecule has 1 aromatic heterocycles. The summed E-state index contributed by atoms with van der Waals surface area (Å²) in [6, 6.07) is 0.386. The van der Waals surface area contributed by atoms with Crippen molar-refractivity contribution in [2.75, 3.05) is 5.73 Å². The summed E-state index contributed by atoms with van der Waals surface area (Å²) in [5.41, 5.74) is 7.60. The number of anilines is 1. The van der Waals surface area contributed by atoms with Crippen molar-refractivity contribution >= 4 is 22.2 Å². The van der Waals surface area contributed by atoms with Gasteiger partial charge in [0.15, 0.2) is 0 Å². The van der Waals surface area contributed by atoms with Crippen molar-refractivity contribution < 1.29 is 4.79 Å². The summed E-state index contributed by atoms with van der Waals surface area (Å²) in [6.07, 6.45) is 2.21.